The zero-order chi connectivity index (χ0) is 15.3. The molecule has 0 spiro atoms. The summed E-state index contributed by atoms with van der Waals surface area (Å²) in [6, 6.07) is 4.38. The van der Waals surface area contributed by atoms with Gasteiger partial charge in [-0.05, 0) is 43.5 Å². The maximum Gasteiger partial charge on any atom is 0.305 e. The number of esters is 1. The first-order valence-corrected chi connectivity index (χ1v) is 6.97. The smallest absolute Gasteiger partial charge is 0.305 e. The summed E-state index contributed by atoms with van der Waals surface area (Å²) in [5.74, 6) is 0.216. The molecular formula is C16H23FO3. The van der Waals surface area contributed by atoms with E-state index in [-0.39, 0.29) is 29.9 Å². The normalized spacial score (nSPS) is 13.9. The van der Waals surface area contributed by atoms with E-state index in [1.54, 1.807) is 19.9 Å². The molecule has 0 aliphatic carbocycles. The molecule has 1 rings (SSSR count). The molecule has 3 nitrogen and oxygen atoms in total. The van der Waals surface area contributed by atoms with Gasteiger partial charge in [0.1, 0.15) is 23.8 Å². The van der Waals surface area contributed by atoms with E-state index in [1.165, 1.54) is 12.1 Å². The van der Waals surface area contributed by atoms with E-state index >= 15 is 0 Å². The van der Waals surface area contributed by atoms with Crippen LogP contribution in [0.3, 0.4) is 0 Å². The summed E-state index contributed by atoms with van der Waals surface area (Å²) in [7, 11) is 0. The molecule has 0 heterocycles. The number of hydrogen-bond acceptors (Lipinski definition) is 3. The summed E-state index contributed by atoms with van der Waals surface area (Å²) in [5.41, 5.74) is 0.723. The zero-order valence-corrected chi connectivity index (χ0v) is 12.8. The van der Waals surface area contributed by atoms with Gasteiger partial charge in [0.25, 0.3) is 0 Å². The van der Waals surface area contributed by atoms with Crippen molar-refractivity contribution in [3.05, 3.63) is 29.6 Å². The highest BCUT2D eigenvalue weighted by atomic mass is 19.1. The van der Waals surface area contributed by atoms with Crippen molar-refractivity contribution in [1.29, 1.82) is 0 Å². The summed E-state index contributed by atoms with van der Waals surface area (Å²) in [6.45, 7) is 9.36. The average molecular weight is 282 g/mol. The third-order valence-electron chi connectivity index (χ3n) is 3.13. The lowest BCUT2D eigenvalue weighted by molar-refractivity contribution is -0.156. The van der Waals surface area contributed by atoms with E-state index < -0.39 is 0 Å². The molecule has 0 saturated carbocycles. The Morgan fingerprint density at radius 2 is 1.95 bits per heavy atom. The van der Waals surface area contributed by atoms with Gasteiger partial charge in [0, 0.05) is 6.42 Å². The molecule has 0 aliphatic heterocycles. The predicted octanol–water partition coefficient (Wildman–Crippen LogP) is 3.88. The number of aryl methyl sites for hydroxylation is 1. The fourth-order valence-corrected chi connectivity index (χ4v) is 2.02. The monoisotopic (exact) mass is 282 g/mol. The first-order chi connectivity index (χ1) is 9.35. The second kappa shape index (κ2) is 7.27. The van der Waals surface area contributed by atoms with Crippen LogP contribution in [0, 0.1) is 18.7 Å². The van der Waals surface area contributed by atoms with Gasteiger partial charge in [-0.2, -0.15) is 0 Å². The molecule has 0 saturated heterocycles. The lowest BCUT2D eigenvalue weighted by atomic mass is 10.0. The lowest BCUT2D eigenvalue weighted by Crippen LogP contribution is -2.37. The van der Waals surface area contributed by atoms with Gasteiger partial charge in [0.05, 0.1) is 0 Å². The van der Waals surface area contributed by atoms with Crippen LogP contribution in [0.5, 0.6) is 5.75 Å². The fourth-order valence-electron chi connectivity index (χ4n) is 2.02. The largest absolute Gasteiger partial charge is 0.487 e. The van der Waals surface area contributed by atoms with Gasteiger partial charge in [-0.25, -0.2) is 4.39 Å². The molecule has 4 heteroatoms. The Labute approximate surface area is 120 Å². The molecule has 0 radical (unpaired) electrons. The van der Waals surface area contributed by atoms with Crippen molar-refractivity contribution in [3.63, 3.8) is 0 Å². The summed E-state index contributed by atoms with van der Waals surface area (Å²) >= 11 is 0. The SMILES string of the molecule is CCC(=O)OC(C(C)C)C(C)Oc1ccc(F)cc1C. The zero-order valence-electron chi connectivity index (χ0n) is 12.8. The van der Waals surface area contributed by atoms with Crippen LogP contribution in [0.25, 0.3) is 0 Å². The van der Waals surface area contributed by atoms with Crippen molar-refractivity contribution in [2.75, 3.05) is 0 Å². The van der Waals surface area contributed by atoms with Gasteiger partial charge in [0.2, 0.25) is 0 Å². The van der Waals surface area contributed by atoms with Crippen molar-refractivity contribution < 1.29 is 18.7 Å². The molecule has 0 bridgehead atoms. The molecule has 1 aromatic rings. The minimum absolute atomic E-state index is 0.140. The quantitative estimate of drug-likeness (QED) is 0.743. The molecule has 0 aromatic heterocycles. The molecule has 2 atom stereocenters. The molecular weight excluding hydrogens is 259 g/mol. The van der Waals surface area contributed by atoms with Gasteiger partial charge < -0.3 is 9.47 Å². The molecule has 2 unspecified atom stereocenters. The molecule has 0 fully saturated rings. The van der Waals surface area contributed by atoms with Crippen LogP contribution in [-0.2, 0) is 9.53 Å². The molecule has 0 N–H and O–H groups in total. The maximum atomic E-state index is 13.1. The summed E-state index contributed by atoms with van der Waals surface area (Å²) < 4.78 is 24.3. The van der Waals surface area contributed by atoms with Gasteiger partial charge >= 0.3 is 5.97 Å². The van der Waals surface area contributed by atoms with Crippen LogP contribution in [0.1, 0.15) is 39.7 Å². The van der Waals surface area contributed by atoms with Crippen molar-refractivity contribution in [3.8, 4) is 5.75 Å². The Morgan fingerprint density at radius 3 is 2.45 bits per heavy atom. The Balaban J connectivity index is 2.79. The van der Waals surface area contributed by atoms with Crippen LogP contribution in [0.15, 0.2) is 18.2 Å². The Morgan fingerprint density at radius 1 is 1.30 bits per heavy atom. The number of rotatable bonds is 6. The van der Waals surface area contributed by atoms with Crippen molar-refractivity contribution in [1.82, 2.24) is 0 Å². The van der Waals surface area contributed by atoms with Crippen molar-refractivity contribution in [2.45, 2.75) is 53.2 Å². The van der Waals surface area contributed by atoms with Crippen molar-refractivity contribution >= 4 is 5.97 Å². The third kappa shape index (κ3) is 4.51. The Hall–Kier alpha value is -1.58. The maximum absolute atomic E-state index is 13.1. The number of ether oxygens (including phenoxy) is 2. The Bertz CT molecular complexity index is 457. The summed E-state index contributed by atoms with van der Waals surface area (Å²) in [6.07, 6.45) is -0.285. The van der Waals surface area contributed by atoms with Gasteiger partial charge in [0.15, 0.2) is 0 Å². The molecule has 112 valence electrons. The molecule has 0 amide bonds. The van der Waals surface area contributed by atoms with Crippen molar-refractivity contribution in [2.24, 2.45) is 5.92 Å². The highest BCUT2D eigenvalue weighted by molar-refractivity contribution is 5.69. The first-order valence-electron chi connectivity index (χ1n) is 6.97. The van der Waals surface area contributed by atoms with Crippen LogP contribution in [0.4, 0.5) is 4.39 Å². The second-order valence-corrected chi connectivity index (χ2v) is 5.28. The van der Waals surface area contributed by atoms with E-state index in [4.69, 9.17) is 9.47 Å². The molecule has 1 aromatic carbocycles. The van der Waals surface area contributed by atoms with Crippen LogP contribution in [0.2, 0.25) is 0 Å². The number of benzene rings is 1. The topological polar surface area (TPSA) is 35.5 Å². The van der Waals surface area contributed by atoms with E-state index in [0.29, 0.717) is 12.2 Å². The van der Waals surface area contributed by atoms with E-state index in [1.807, 2.05) is 20.8 Å². The van der Waals surface area contributed by atoms with Gasteiger partial charge in [-0.3, -0.25) is 4.79 Å². The minimum atomic E-state index is -0.327. The minimum Gasteiger partial charge on any atom is -0.487 e. The van der Waals surface area contributed by atoms with E-state index in [0.717, 1.165) is 5.56 Å². The van der Waals surface area contributed by atoms with Crippen LogP contribution >= 0.6 is 0 Å². The lowest BCUT2D eigenvalue weighted by Gasteiger charge is -2.28. The standard InChI is InChI=1S/C16H23FO3/c1-6-15(18)20-16(10(2)3)12(5)19-14-8-7-13(17)9-11(14)4/h7-10,12,16H,6H2,1-5H3. The highest BCUT2D eigenvalue weighted by Crippen LogP contribution is 2.23. The average Bonchev–Trinajstić information content (AvgIpc) is 2.38. The van der Waals surface area contributed by atoms with E-state index in [9.17, 15) is 9.18 Å². The third-order valence-corrected chi connectivity index (χ3v) is 3.13. The molecule has 20 heavy (non-hydrogen) atoms. The van der Waals surface area contributed by atoms with Crippen LogP contribution in [-0.4, -0.2) is 18.2 Å². The Kier molecular flexibility index (Phi) is 5.99. The van der Waals surface area contributed by atoms with Crippen LogP contribution < -0.4 is 4.74 Å². The second-order valence-electron chi connectivity index (χ2n) is 5.28. The summed E-state index contributed by atoms with van der Waals surface area (Å²) in [5, 5.41) is 0. The molecule has 0 aliphatic rings. The highest BCUT2D eigenvalue weighted by Gasteiger charge is 2.26. The number of carbonyl (C=O) groups excluding carboxylic acids is 1. The summed E-state index contributed by atoms with van der Waals surface area (Å²) in [4.78, 5) is 11.5. The number of hydrogen-bond donors (Lipinski definition) is 0. The predicted molar refractivity (Wildman–Crippen MR) is 76.2 cm³/mol. The van der Waals surface area contributed by atoms with E-state index in [2.05, 4.69) is 0 Å². The first kappa shape index (κ1) is 16.5. The van der Waals surface area contributed by atoms with Gasteiger partial charge in [-0.1, -0.05) is 20.8 Å². The van der Waals surface area contributed by atoms with Gasteiger partial charge in [-0.15, -0.1) is 0 Å². The number of halogens is 1. The fraction of sp³-hybridized carbons (Fsp3) is 0.562. The number of carbonyl (C=O) groups is 1.